The maximum atomic E-state index is 13.9. The molecule has 0 atom stereocenters. The number of carbonyl (C=O) groups excluding carboxylic acids is 1. The Kier molecular flexibility index (Phi) is 6.17. The number of carbonyl (C=O) groups is 1. The van der Waals surface area contributed by atoms with Crippen molar-refractivity contribution in [1.29, 1.82) is 0 Å². The zero-order valence-electron chi connectivity index (χ0n) is 18.9. The van der Waals surface area contributed by atoms with E-state index in [9.17, 15) is 22.4 Å². The predicted octanol–water partition coefficient (Wildman–Crippen LogP) is 5.52. The summed E-state index contributed by atoms with van der Waals surface area (Å²) in [7, 11) is 0. The van der Waals surface area contributed by atoms with Crippen molar-refractivity contribution in [2.24, 2.45) is 0 Å². The van der Waals surface area contributed by atoms with Gasteiger partial charge in [0.2, 0.25) is 5.82 Å². The third-order valence-electron chi connectivity index (χ3n) is 5.92. The number of nitrogens with zero attached hydrogens (tertiary/aromatic N) is 4. The summed E-state index contributed by atoms with van der Waals surface area (Å²) in [5.41, 5.74) is 1.40. The molecule has 0 radical (unpaired) electrons. The quantitative estimate of drug-likeness (QED) is 0.348. The normalized spacial score (nSPS) is 14.2. The van der Waals surface area contributed by atoms with Crippen LogP contribution in [0.25, 0.3) is 22.4 Å². The van der Waals surface area contributed by atoms with Crippen molar-refractivity contribution in [3.63, 3.8) is 0 Å². The number of hydrogen-bond acceptors (Lipinski definition) is 5. The molecule has 184 valence electrons. The lowest BCUT2D eigenvalue weighted by Crippen LogP contribution is -2.49. The Hall–Kier alpha value is -4.21. The monoisotopic (exact) mass is 496 g/mol. The maximum absolute atomic E-state index is 13.9. The molecule has 6 nitrogen and oxygen atoms in total. The first kappa shape index (κ1) is 23.5. The lowest BCUT2D eigenvalue weighted by Gasteiger charge is -2.36. The van der Waals surface area contributed by atoms with E-state index in [1.54, 1.807) is 52.3 Å². The molecule has 0 saturated carbocycles. The van der Waals surface area contributed by atoms with E-state index in [0.717, 1.165) is 0 Å². The lowest BCUT2D eigenvalue weighted by atomic mass is 9.98. The van der Waals surface area contributed by atoms with Gasteiger partial charge in [0.1, 0.15) is 11.6 Å². The molecule has 1 aliphatic heterocycles. The highest BCUT2D eigenvalue weighted by Gasteiger charge is 2.38. The lowest BCUT2D eigenvalue weighted by molar-refractivity contribution is -0.144. The second-order valence-corrected chi connectivity index (χ2v) is 8.22. The number of piperazine rings is 1. The molecule has 3 heterocycles. The van der Waals surface area contributed by atoms with E-state index in [-0.39, 0.29) is 49.4 Å². The van der Waals surface area contributed by atoms with E-state index >= 15 is 0 Å². The van der Waals surface area contributed by atoms with E-state index in [1.807, 2.05) is 0 Å². The summed E-state index contributed by atoms with van der Waals surface area (Å²) < 4.78 is 60.5. The summed E-state index contributed by atoms with van der Waals surface area (Å²) in [6.45, 7) is 1.04. The van der Waals surface area contributed by atoms with Crippen LogP contribution in [-0.4, -0.2) is 47.0 Å². The minimum atomic E-state index is -4.80. The van der Waals surface area contributed by atoms with Gasteiger partial charge in [-0.05, 0) is 42.0 Å². The molecule has 1 amide bonds. The number of amides is 1. The highest BCUT2D eigenvalue weighted by Crippen LogP contribution is 2.40. The van der Waals surface area contributed by atoms with Crippen molar-refractivity contribution in [3.8, 4) is 22.4 Å². The molecule has 0 unspecified atom stereocenters. The fraction of sp³-hybridized carbons (Fsp3) is 0.192. The molecule has 1 saturated heterocycles. The number of aromatic nitrogens is 2. The summed E-state index contributed by atoms with van der Waals surface area (Å²) in [6, 6.07) is 17.2. The Labute approximate surface area is 203 Å². The first-order chi connectivity index (χ1) is 17.3. The van der Waals surface area contributed by atoms with Gasteiger partial charge in [-0.2, -0.15) is 13.2 Å². The average molecular weight is 496 g/mol. The second kappa shape index (κ2) is 9.44. The summed E-state index contributed by atoms with van der Waals surface area (Å²) in [6.07, 6.45) is -3.39. The third kappa shape index (κ3) is 4.66. The van der Waals surface area contributed by atoms with Crippen molar-refractivity contribution in [1.82, 2.24) is 14.9 Å². The van der Waals surface area contributed by atoms with E-state index < -0.39 is 17.8 Å². The molecule has 0 spiro atoms. The van der Waals surface area contributed by atoms with Crippen molar-refractivity contribution in [2.75, 3.05) is 31.1 Å². The minimum Gasteiger partial charge on any atom is -0.459 e. The Morgan fingerprint density at radius 1 is 0.833 bits per heavy atom. The molecule has 2 aromatic carbocycles. The van der Waals surface area contributed by atoms with Crippen LogP contribution < -0.4 is 4.90 Å². The van der Waals surface area contributed by atoms with Crippen LogP contribution in [-0.2, 0) is 6.18 Å². The molecule has 36 heavy (non-hydrogen) atoms. The standard InChI is InChI=1S/C26H20F4N4O2/c27-19-10-8-18(9-11-19)22-21(17-5-2-1-3-6-17)23(32-25(31-22)26(28,29)30)33-12-14-34(15-13-33)24(35)20-7-4-16-36-20/h1-11,16H,12-15H2. The maximum Gasteiger partial charge on any atom is 0.451 e. The number of halogens is 4. The summed E-state index contributed by atoms with van der Waals surface area (Å²) in [5.74, 6) is -1.77. The van der Waals surface area contributed by atoms with Gasteiger partial charge in [-0.3, -0.25) is 4.79 Å². The zero-order chi connectivity index (χ0) is 25.3. The zero-order valence-corrected chi connectivity index (χ0v) is 18.9. The number of benzene rings is 2. The largest absolute Gasteiger partial charge is 0.459 e. The SMILES string of the molecule is O=C(c1ccco1)N1CCN(c2nc(C(F)(F)F)nc(-c3ccc(F)cc3)c2-c2ccccc2)CC1. The number of furan rings is 1. The molecule has 4 aromatic rings. The topological polar surface area (TPSA) is 62.5 Å². The van der Waals surface area contributed by atoms with Gasteiger partial charge in [0.15, 0.2) is 5.76 Å². The van der Waals surface area contributed by atoms with E-state index in [2.05, 4.69) is 9.97 Å². The van der Waals surface area contributed by atoms with E-state index in [4.69, 9.17) is 4.42 Å². The highest BCUT2D eigenvalue weighted by atomic mass is 19.4. The summed E-state index contributed by atoms with van der Waals surface area (Å²) in [4.78, 5) is 23.8. The van der Waals surface area contributed by atoms with Gasteiger partial charge in [-0.25, -0.2) is 14.4 Å². The van der Waals surface area contributed by atoms with Crippen LogP contribution in [0.5, 0.6) is 0 Å². The number of hydrogen-bond donors (Lipinski definition) is 0. The van der Waals surface area contributed by atoms with Crippen LogP contribution in [0.4, 0.5) is 23.4 Å². The van der Waals surface area contributed by atoms with E-state index in [0.29, 0.717) is 16.7 Å². The first-order valence-corrected chi connectivity index (χ1v) is 11.2. The molecular weight excluding hydrogens is 476 g/mol. The predicted molar refractivity (Wildman–Crippen MR) is 125 cm³/mol. The summed E-state index contributed by atoms with van der Waals surface area (Å²) >= 11 is 0. The number of alkyl halides is 3. The fourth-order valence-corrected chi connectivity index (χ4v) is 4.17. The number of anilines is 1. The van der Waals surface area contributed by atoms with Crippen LogP contribution in [0, 0.1) is 5.82 Å². The smallest absolute Gasteiger partial charge is 0.451 e. The van der Waals surface area contributed by atoms with Gasteiger partial charge in [-0.15, -0.1) is 0 Å². The van der Waals surface area contributed by atoms with Crippen molar-refractivity contribution >= 4 is 11.7 Å². The first-order valence-electron chi connectivity index (χ1n) is 11.2. The van der Waals surface area contributed by atoms with Gasteiger partial charge in [0, 0.05) is 31.7 Å². The Morgan fingerprint density at radius 3 is 2.14 bits per heavy atom. The fourth-order valence-electron chi connectivity index (χ4n) is 4.17. The van der Waals surface area contributed by atoms with Crippen molar-refractivity contribution in [3.05, 3.63) is 90.4 Å². The second-order valence-electron chi connectivity index (χ2n) is 8.22. The van der Waals surface area contributed by atoms with Crippen LogP contribution in [0.15, 0.2) is 77.4 Å². The minimum absolute atomic E-state index is 0.0487. The summed E-state index contributed by atoms with van der Waals surface area (Å²) in [5, 5.41) is 0. The van der Waals surface area contributed by atoms with Crippen molar-refractivity contribution in [2.45, 2.75) is 6.18 Å². The molecule has 2 aromatic heterocycles. The highest BCUT2D eigenvalue weighted by molar-refractivity contribution is 5.92. The Balaban J connectivity index is 1.60. The van der Waals surface area contributed by atoms with E-state index in [1.165, 1.54) is 30.5 Å². The Morgan fingerprint density at radius 2 is 1.53 bits per heavy atom. The molecule has 1 fully saturated rings. The molecule has 10 heteroatoms. The van der Waals surface area contributed by atoms with Gasteiger partial charge < -0.3 is 14.2 Å². The Bertz CT molecular complexity index is 1350. The molecule has 1 aliphatic rings. The molecule has 5 rings (SSSR count). The number of rotatable bonds is 4. The van der Waals surface area contributed by atoms with Crippen LogP contribution in [0.1, 0.15) is 16.4 Å². The third-order valence-corrected chi connectivity index (χ3v) is 5.92. The van der Waals surface area contributed by atoms with Gasteiger partial charge >= 0.3 is 6.18 Å². The van der Waals surface area contributed by atoms with Crippen LogP contribution in [0.3, 0.4) is 0 Å². The molecule has 0 N–H and O–H groups in total. The average Bonchev–Trinajstić information content (AvgIpc) is 3.43. The van der Waals surface area contributed by atoms with Crippen LogP contribution >= 0.6 is 0 Å². The van der Waals surface area contributed by atoms with Gasteiger partial charge in [-0.1, -0.05) is 30.3 Å². The van der Waals surface area contributed by atoms with Crippen LogP contribution in [0.2, 0.25) is 0 Å². The molecule has 0 bridgehead atoms. The molecular formula is C26H20F4N4O2. The van der Waals surface area contributed by atoms with Gasteiger partial charge in [0.05, 0.1) is 17.5 Å². The van der Waals surface area contributed by atoms with Crippen molar-refractivity contribution < 1.29 is 26.8 Å². The van der Waals surface area contributed by atoms with Gasteiger partial charge in [0.25, 0.3) is 5.91 Å². The molecule has 0 aliphatic carbocycles.